The third kappa shape index (κ3) is 75.8. The Morgan fingerprint density at radius 1 is 1.00 bits per heavy atom. The van der Waals surface area contributed by atoms with Crippen LogP contribution in [0.1, 0.15) is 0 Å². The third-order valence-electron chi connectivity index (χ3n) is 0. The zero-order chi connectivity index (χ0) is 5.45. The van der Waals surface area contributed by atoms with Crippen LogP contribution in [0.3, 0.4) is 0 Å². The summed E-state index contributed by atoms with van der Waals surface area (Å²) in [7, 11) is 0. The van der Waals surface area contributed by atoms with Crippen molar-refractivity contribution in [2.24, 2.45) is 0 Å². The van der Waals surface area contributed by atoms with E-state index in [0.717, 1.165) is 0 Å². The SMILES string of the molecule is CP(C)(C)(Br)Br.[Mn]. The van der Waals surface area contributed by atoms with E-state index < -0.39 is 4.01 Å². The second-order valence-electron chi connectivity index (χ2n) is 2.42. The molecule has 0 heterocycles. The van der Waals surface area contributed by atoms with Crippen molar-refractivity contribution in [3.05, 3.63) is 0 Å². The van der Waals surface area contributed by atoms with Gasteiger partial charge in [0.2, 0.25) is 0 Å². The van der Waals surface area contributed by atoms with Crippen LogP contribution in [-0.4, -0.2) is 20.0 Å². The Morgan fingerprint density at radius 3 is 1.00 bits per heavy atom. The molecule has 0 nitrogen and oxygen atoms in total. The molecule has 4 heteroatoms. The second-order valence-corrected chi connectivity index (χ2v) is 25.0. The van der Waals surface area contributed by atoms with Gasteiger partial charge in [-0.15, -0.1) is 0 Å². The number of hydrogen-bond acceptors (Lipinski definition) is 0. The minimum absolute atomic E-state index is 0. The quantitative estimate of drug-likeness (QED) is 0.475. The molecule has 0 saturated heterocycles. The van der Waals surface area contributed by atoms with Crippen molar-refractivity contribution in [2.75, 3.05) is 20.0 Å². The zero-order valence-corrected chi connectivity index (χ0v) is 9.83. The molecule has 0 bridgehead atoms. The molecule has 0 aromatic rings. The van der Waals surface area contributed by atoms with Gasteiger partial charge in [0, 0.05) is 17.1 Å². The van der Waals surface area contributed by atoms with E-state index in [0.29, 0.717) is 0 Å². The molecule has 0 fully saturated rings. The Bertz CT molecular complexity index is 46.1. The van der Waals surface area contributed by atoms with Crippen molar-refractivity contribution in [3.8, 4) is 0 Å². The molecule has 0 saturated carbocycles. The molecule has 0 unspecified atom stereocenters. The monoisotopic (exact) mass is 289 g/mol. The first kappa shape index (κ1) is 11.7. The molecular weight excluding hydrogens is 282 g/mol. The Balaban J connectivity index is 0. The summed E-state index contributed by atoms with van der Waals surface area (Å²) in [4.78, 5) is 0. The minimum atomic E-state index is -1.43. The first-order chi connectivity index (χ1) is 2.24. The smallest absolute Gasteiger partial charge is 0 e. The van der Waals surface area contributed by atoms with Crippen molar-refractivity contribution in [1.29, 1.82) is 0 Å². The fraction of sp³-hybridized carbons (Fsp3) is 1.00. The summed E-state index contributed by atoms with van der Waals surface area (Å²) >= 11 is 7.05. The molecule has 0 aliphatic heterocycles. The van der Waals surface area contributed by atoms with Crippen molar-refractivity contribution in [1.82, 2.24) is 0 Å². The molecule has 0 N–H and O–H groups in total. The summed E-state index contributed by atoms with van der Waals surface area (Å²) in [5.41, 5.74) is 0. The Morgan fingerprint density at radius 2 is 1.00 bits per heavy atom. The van der Waals surface area contributed by atoms with Crippen molar-refractivity contribution >= 4 is 35.0 Å². The maximum Gasteiger partial charge on any atom is 0 e. The van der Waals surface area contributed by atoms with E-state index in [-0.39, 0.29) is 17.1 Å². The van der Waals surface area contributed by atoms with Crippen LogP contribution in [0.5, 0.6) is 0 Å². The van der Waals surface area contributed by atoms with Gasteiger partial charge in [-0.25, -0.2) is 0 Å². The normalized spacial score (nSPS) is 16.4. The van der Waals surface area contributed by atoms with Crippen LogP contribution in [0.15, 0.2) is 0 Å². The van der Waals surface area contributed by atoms with Crippen LogP contribution in [0.4, 0.5) is 0 Å². The van der Waals surface area contributed by atoms with Gasteiger partial charge in [0.25, 0.3) is 0 Å². The van der Waals surface area contributed by atoms with Gasteiger partial charge in [0.05, 0.1) is 0 Å². The fourth-order valence-corrected chi connectivity index (χ4v) is 0. The Kier molecular flexibility index (Phi) is 4.44. The van der Waals surface area contributed by atoms with Crippen LogP contribution < -0.4 is 0 Å². The largest absolute Gasteiger partial charge is 0 e. The van der Waals surface area contributed by atoms with Gasteiger partial charge in [0.15, 0.2) is 0 Å². The molecule has 0 rings (SSSR count). The maximum absolute atomic E-state index is 3.53. The van der Waals surface area contributed by atoms with E-state index in [4.69, 9.17) is 0 Å². The third-order valence-corrected chi connectivity index (χ3v) is 0. The number of rotatable bonds is 0. The van der Waals surface area contributed by atoms with E-state index in [1.807, 2.05) is 0 Å². The maximum atomic E-state index is 3.53. The number of hydrogen-bond donors (Lipinski definition) is 0. The van der Waals surface area contributed by atoms with Gasteiger partial charge in [-0.1, -0.05) is 0 Å². The first-order valence-electron chi connectivity index (χ1n) is 1.68. The van der Waals surface area contributed by atoms with Crippen LogP contribution in [0.2, 0.25) is 0 Å². The Labute approximate surface area is 71.7 Å². The van der Waals surface area contributed by atoms with Gasteiger partial charge in [-0.2, -0.15) is 0 Å². The van der Waals surface area contributed by atoms with Gasteiger partial charge in [-0.3, -0.25) is 0 Å². The molecule has 1 radical (unpaired) electrons. The predicted octanol–water partition coefficient (Wildman–Crippen LogP) is 3.05. The number of halogens is 2. The van der Waals surface area contributed by atoms with Crippen LogP contribution in [-0.2, 0) is 17.1 Å². The average Bonchev–Trinajstić information content (AvgIpc) is 0.650. The second kappa shape index (κ2) is 2.66. The molecule has 0 spiro atoms. The topological polar surface area (TPSA) is 0 Å². The summed E-state index contributed by atoms with van der Waals surface area (Å²) in [5, 5.41) is 0. The van der Waals surface area contributed by atoms with Crippen molar-refractivity contribution in [3.63, 3.8) is 0 Å². The van der Waals surface area contributed by atoms with E-state index >= 15 is 0 Å². The molecule has 7 heavy (non-hydrogen) atoms. The van der Waals surface area contributed by atoms with E-state index in [1.54, 1.807) is 0 Å². The van der Waals surface area contributed by atoms with E-state index in [2.05, 4.69) is 51.0 Å². The molecular formula is C3H9Br2MnP. The standard InChI is InChI=1S/C3H9Br2P.Mn/c1-6(2,3,4)5;/h1-3H3;. The van der Waals surface area contributed by atoms with Gasteiger partial charge in [-0.05, 0) is 0 Å². The van der Waals surface area contributed by atoms with Gasteiger partial charge < -0.3 is 0 Å². The van der Waals surface area contributed by atoms with Crippen LogP contribution in [0.25, 0.3) is 0 Å². The molecule has 0 atom stereocenters. The predicted molar refractivity (Wildman–Crippen MR) is 42.5 cm³/mol. The molecule has 0 aromatic heterocycles. The Hall–Kier alpha value is 1.91. The summed E-state index contributed by atoms with van der Waals surface area (Å²) < 4.78 is -1.43. The van der Waals surface area contributed by atoms with Gasteiger partial charge in [0.1, 0.15) is 0 Å². The van der Waals surface area contributed by atoms with E-state index in [1.165, 1.54) is 0 Å². The zero-order valence-electron chi connectivity index (χ0n) is 4.58. The van der Waals surface area contributed by atoms with Crippen LogP contribution in [0, 0.1) is 0 Å². The molecule has 0 aromatic carbocycles. The summed E-state index contributed by atoms with van der Waals surface area (Å²) in [6.07, 6.45) is 0. The first-order valence-corrected chi connectivity index (χ1v) is 9.29. The average molecular weight is 291 g/mol. The summed E-state index contributed by atoms with van der Waals surface area (Å²) in [6.45, 7) is 6.52. The minimum Gasteiger partial charge on any atom is 0 e. The summed E-state index contributed by atoms with van der Waals surface area (Å²) in [6, 6.07) is 0. The van der Waals surface area contributed by atoms with Crippen molar-refractivity contribution in [2.45, 2.75) is 0 Å². The molecule has 0 amide bonds. The van der Waals surface area contributed by atoms with E-state index in [9.17, 15) is 0 Å². The molecule has 47 valence electrons. The summed E-state index contributed by atoms with van der Waals surface area (Å²) in [5.74, 6) is 0. The van der Waals surface area contributed by atoms with Crippen LogP contribution >= 0.6 is 35.0 Å². The van der Waals surface area contributed by atoms with Gasteiger partial charge >= 0.3 is 55.0 Å². The molecule has 0 aliphatic rings. The fourth-order valence-electron chi connectivity index (χ4n) is 0. The van der Waals surface area contributed by atoms with Crippen molar-refractivity contribution < 1.29 is 17.1 Å². The molecule has 0 aliphatic carbocycles.